The summed E-state index contributed by atoms with van der Waals surface area (Å²) in [5, 5.41) is 4.28. The van der Waals surface area contributed by atoms with Crippen LogP contribution in [0.25, 0.3) is 22.3 Å². The fourth-order valence-electron chi connectivity index (χ4n) is 6.13. The van der Waals surface area contributed by atoms with Crippen LogP contribution < -0.4 is 5.32 Å². The van der Waals surface area contributed by atoms with E-state index in [1.807, 2.05) is 53.4 Å². The molecule has 5 heterocycles. The number of likely N-dealkylation sites (tertiary alicyclic amines) is 1. The van der Waals surface area contributed by atoms with Crippen LogP contribution in [-0.4, -0.2) is 81.6 Å². The molecule has 1 aromatic carbocycles. The molecule has 6 rings (SSSR count). The highest BCUT2D eigenvalue weighted by Crippen LogP contribution is 2.26. The molecule has 2 fully saturated rings. The van der Waals surface area contributed by atoms with E-state index in [0.717, 1.165) is 86.1 Å². The average molecular weight is 568 g/mol. The Morgan fingerprint density at radius 1 is 0.929 bits per heavy atom. The second-order valence-electron chi connectivity index (χ2n) is 11.5. The van der Waals surface area contributed by atoms with Crippen LogP contribution in [0.15, 0.2) is 60.9 Å². The Bertz CT molecular complexity index is 1450. The van der Waals surface area contributed by atoms with Crippen molar-refractivity contribution in [3.63, 3.8) is 0 Å². The van der Waals surface area contributed by atoms with Crippen molar-refractivity contribution in [2.24, 2.45) is 5.92 Å². The number of fused-ring (bicyclic) bond motifs is 1. The molecule has 3 aromatic heterocycles. The first-order valence-corrected chi connectivity index (χ1v) is 15.4. The minimum atomic E-state index is 0.0956. The number of carbonyl (C=O) groups excluding carboxylic acids is 1. The summed E-state index contributed by atoms with van der Waals surface area (Å²) in [7, 11) is 0. The predicted octanol–water partition coefficient (Wildman–Crippen LogP) is 5.90. The summed E-state index contributed by atoms with van der Waals surface area (Å²) < 4.78 is 5.45. The van der Waals surface area contributed by atoms with Crippen LogP contribution in [0.4, 0.5) is 11.6 Å². The lowest BCUT2D eigenvalue weighted by atomic mass is 9.94. The summed E-state index contributed by atoms with van der Waals surface area (Å²) in [6.07, 6.45) is 12.0. The van der Waals surface area contributed by atoms with Crippen LogP contribution >= 0.6 is 0 Å². The molecule has 1 atom stereocenters. The minimum absolute atomic E-state index is 0.0956. The van der Waals surface area contributed by atoms with Gasteiger partial charge in [-0.2, -0.15) is 0 Å². The number of hydrogen-bond donors (Lipinski definition) is 2. The third-order valence-electron chi connectivity index (χ3n) is 8.52. The molecule has 2 aliphatic heterocycles. The lowest BCUT2D eigenvalue weighted by molar-refractivity contribution is 0.0371. The second kappa shape index (κ2) is 13.9. The maximum atomic E-state index is 13.5. The fraction of sp³-hybridized carbons (Fsp3) is 0.455. The molecule has 0 saturated carbocycles. The van der Waals surface area contributed by atoms with Gasteiger partial charge >= 0.3 is 0 Å². The Hall–Kier alpha value is -3.82. The third-order valence-corrected chi connectivity index (χ3v) is 8.52. The Balaban J connectivity index is 1.01. The number of carbonyl (C=O) groups is 1. The van der Waals surface area contributed by atoms with Crippen molar-refractivity contribution in [2.75, 3.05) is 51.3 Å². The number of anilines is 2. The van der Waals surface area contributed by atoms with Crippen molar-refractivity contribution in [2.45, 2.75) is 44.9 Å². The fourth-order valence-corrected chi connectivity index (χ4v) is 6.13. The molecule has 0 bridgehead atoms. The van der Waals surface area contributed by atoms with E-state index in [9.17, 15) is 4.79 Å². The number of aromatic amines is 1. The van der Waals surface area contributed by atoms with Crippen molar-refractivity contribution in [3.8, 4) is 11.4 Å². The van der Waals surface area contributed by atoms with Crippen molar-refractivity contribution < 1.29 is 9.53 Å². The molecule has 9 heteroatoms. The monoisotopic (exact) mass is 567 g/mol. The zero-order chi connectivity index (χ0) is 28.6. The second-order valence-corrected chi connectivity index (χ2v) is 11.5. The smallest absolute Gasteiger partial charge is 0.270 e. The number of morpholine rings is 1. The van der Waals surface area contributed by atoms with E-state index < -0.39 is 0 Å². The van der Waals surface area contributed by atoms with Gasteiger partial charge in [0.25, 0.3) is 5.91 Å². The number of amides is 1. The number of unbranched alkanes of at least 4 members (excludes halogenated alkanes) is 2. The lowest BCUT2D eigenvalue weighted by Gasteiger charge is -2.26. The lowest BCUT2D eigenvalue weighted by Crippen LogP contribution is -2.36. The molecular formula is C33H41N7O2. The van der Waals surface area contributed by atoms with E-state index in [4.69, 9.17) is 4.74 Å². The van der Waals surface area contributed by atoms with Gasteiger partial charge in [-0.25, -0.2) is 9.97 Å². The van der Waals surface area contributed by atoms with Gasteiger partial charge in [0.1, 0.15) is 5.69 Å². The van der Waals surface area contributed by atoms with Gasteiger partial charge in [0.2, 0.25) is 5.95 Å². The molecule has 2 aliphatic rings. The van der Waals surface area contributed by atoms with Gasteiger partial charge in [-0.3, -0.25) is 14.7 Å². The number of aromatic nitrogens is 4. The van der Waals surface area contributed by atoms with E-state index in [0.29, 0.717) is 11.6 Å². The standard InChI is InChI=1S/C33H41N7O2/c41-32(40-17-6-8-25(13-18-40)7-2-1-5-16-39-19-21-42-22-20-39)31-24-26-23-27(10-11-28(26)37-31)36-33-35-15-12-30(38-33)29-9-3-4-14-34-29/h3-4,9-12,14-15,23-25,37H,1-2,5-8,13,16-22H2,(H,35,36,38). The van der Waals surface area contributed by atoms with Crippen molar-refractivity contribution in [1.82, 2.24) is 29.7 Å². The number of hydrogen-bond acceptors (Lipinski definition) is 7. The summed E-state index contributed by atoms with van der Waals surface area (Å²) in [6.45, 7) is 6.79. The summed E-state index contributed by atoms with van der Waals surface area (Å²) in [4.78, 5) is 34.7. The molecule has 220 valence electrons. The maximum Gasteiger partial charge on any atom is 0.270 e. The first kappa shape index (κ1) is 28.3. The maximum absolute atomic E-state index is 13.5. The van der Waals surface area contributed by atoms with Crippen LogP contribution in [0, 0.1) is 5.92 Å². The van der Waals surface area contributed by atoms with Gasteiger partial charge in [-0.1, -0.05) is 25.3 Å². The molecule has 0 radical (unpaired) electrons. The molecular weight excluding hydrogens is 526 g/mol. The van der Waals surface area contributed by atoms with Gasteiger partial charge < -0.3 is 19.9 Å². The van der Waals surface area contributed by atoms with Crippen LogP contribution in [0.5, 0.6) is 0 Å². The van der Waals surface area contributed by atoms with Gasteiger partial charge in [0.15, 0.2) is 0 Å². The molecule has 0 aliphatic carbocycles. The van der Waals surface area contributed by atoms with E-state index in [1.165, 1.54) is 38.6 Å². The minimum Gasteiger partial charge on any atom is -0.379 e. The number of nitrogens with zero attached hydrogens (tertiary/aromatic N) is 5. The first-order valence-electron chi connectivity index (χ1n) is 15.4. The van der Waals surface area contributed by atoms with Crippen molar-refractivity contribution in [1.29, 1.82) is 0 Å². The number of benzene rings is 1. The number of ether oxygens (including phenoxy) is 1. The number of H-pyrrole nitrogens is 1. The predicted molar refractivity (Wildman–Crippen MR) is 166 cm³/mol. The Morgan fingerprint density at radius 3 is 2.74 bits per heavy atom. The molecule has 1 unspecified atom stereocenters. The highest BCUT2D eigenvalue weighted by atomic mass is 16.5. The highest BCUT2D eigenvalue weighted by Gasteiger charge is 2.23. The third kappa shape index (κ3) is 7.33. The van der Waals surface area contributed by atoms with E-state index in [2.05, 4.69) is 30.2 Å². The van der Waals surface area contributed by atoms with Crippen LogP contribution in [-0.2, 0) is 4.74 Å². The quantitative estimate of drug-likeness (QED) is 0.230. The molecule has 1 amide bonds. The zero-order valence-electron chi connectivity index (χ0n) is 24.3. The molecule has 9 nitrogen and oxygen atoms in total. The summed E-state index contributed by atoms with van der Waals surface area (Å²) >= 11 is 0. The largest absolute Gasteiger partial charge is 0.379 e. The van der Waals surface area contributed by atoms with Gasteiger partial charge in [-0.05, 0) is 80.6 Å². The van der Waals surface area contributed by atoms with Gasteiger partial charge in [0.05, 0.1) is 24.6 Å². The number of pyridine rings is 1. The van der Waals surface area contributed by atoms with Crippen LogP contribution in [0.2, 0.25) is 0 Å². The van der Waals surface area contributed by atoms with E-state index in [1.54, 1.807) is 12.4 Å². The number of rotatable bonds is 10. The Labute approximate surface area is 247 Å². The van der Waals surface area contributed by atoms with E-state index >= 15 is 0 Å². The molecule has 0 spiro atoms. The van der Waals surface area contributed by atoms with Gasteiger partial charge in [-0.15, -0.1) is 0 Å². The number of nitrogens with one attached hydrogen (secondary N) is 2. The molecule has 2 saturated heterocycles. The summed E-state index contributed by atoms with van der Waals surface area (Å²) in [5.74, 6) is 1.32. The van der Waals surface area contributed by atoms with Crippen molar-refractivity contribution in [3.05, 3.63) is 66.6 Å². The van der Waals surface area contributed by atoms with Crippen molar-refractivity contribution >= 4 is 28.4 Å². The van der Waals surface area contributed by atoms with E-state index in [-0.39, 0.29) is 5.91 Å². The first-order chi connectivity index (χ1) is 20.7. The average Bonchev–Trinajstić information content (AvgIpc) is 3.32. The SMILES string of the molecule is O=C(c1cc2cc(Nc3nccc(-c4ccccn4)n3)ccc2[nH]1)N1CCCC(CCCCCN2CCOCC2)CC1. The molecule has 2 N–H and O–H groups in total. The zero-order valence-corrected chi connectivity index (χ0v) is 24.3. The summed E-state index contributed by atoms with van der Waals surface area (Å²) in [5.41, 5.74) is 4.01. The van der Waals surface area contributed by atoms with Gasteiger partial charge in [0, 0.05) is 55.2 Å². The Morgan fingerprint density at radius 2 is 1.86 bits per heavy atom. The Kier molecular flexibility index (Phi) is 9.37. The molecule has 42 heavy (non-hydrogen) atoms. The normalized spacial score (nSPS) is 18.2. The molecule has 4 aromatic rings. The van der Waals surface area contributed by atoms with Crippen LogP contribution in [0.3, 0.4) is 0 Å². The highest BCUT2D eigenvalue weighted by molar-refractivity contribution is 5.98. The topological polar surface area (TPSA) is 99.3 Å². The van der Waals surface area contributed by atoms with Crippen LogP contribution in [0.1, 0.15) is 55.4 Å². The summed E-state index contributed by atoms with van der Waals surface area (Å²) in [6, 6.07) is 15.6.